The maximum atomic E-state index is 12.7. The van der Waals surface area contributed by atoms with Gasteiger partial charge in [-0.3, -0.25) is 9.59 Å². The molecule has 1 aromatic carbocycles. The zero-order valence-electron chi connectivity index (χ0n) is 15.9. The average molecular weight is 380 g/mol. The van der Waals surface area contributed by atoms with E-state index in [1.807, 2.05) is 36.4 Å². The van der Waals surface area contributed by atoms with Crippen molar-refractivity contribution in [3.8, 4) is 0 Å². The molecule has 1 aliphatic rings. The predicted molar refractivity (Wildman–Crippen MR) is 105 cm³/mol. The van der Waals surface area contributed by atoms with E-state index >= 15 is 0 Å². The standard InChI is InChI=1S/C21H24N4O3/c1-14(16-6-4-3-5-7-16)18-10-17(11-19(25-18)21(27)22-2)20(26)23-9-8-15-12-24-28-13-15/h3-7,10-14,18,25H,8-9H2,1-2H3,(H,22,27)(H,23,26). The summed E-state index contributed by atoms with van der Waals surface area (Å²) in [6.45, 7) is 2.52. The van der Waals surface area contributed by atoms with Crippen LogP contribution in [0.4, 0.5) is 0 Å². The molecule has 28 heavy (non-hydrogen) atoms. The van der Waals surface area contributed by atoms with Crippen LogP contribution in [0.5, 0.6) is 0 Å². The third-order valence-corrected chi connectivity index (χ3v) is 4.76. The highest BCUT2D eigenvalue weighted by molar-refractivity contribution is 6.01. The zero-order valence-corrected chi connectivity index (χ0v) is 15.9. The largest absolute Gasteiger partial charge is 0.374 e. The Hall–Kier alpha value is -3.35. The molecule has 0 radical (unpaired) electrons. The van der Waals surface area contributed by atoms with Gasteiger partial charge in [-0.05, 0) is 24.1 Å². The molecule has 0 bridgehead atoms. The Balaban J connectivity index is 1.74. The van der Waals surface area contributed by atoms with Crippen molar-refractivity contribution in [2.45, 2.75) is 25.3 Å². The molecule has 2 atom stereocenters. The van der Waals surface area contributed by atoms with E-state index < -0.39 is 0 Å². The fourth-order valence-corrected chi connectivity index (χ4v) is 3.07. The lowest BCUT2D eigenvalue weighted by molar-refractivity contribution is -0.117. The second kappa shape index (κ2) is 9.03. The third kappa shape index (κ3) is 4.68. The monoisotopic (exact) mass is 380 g/mol. The van der Waals surface area contributed by atoms with E-state index in [0.717, 1.165) is 11.1 Å². The first-order valence-electron chi connectivity index (χ1n) is 9.22. The molecule has 2 amide bonds. The number of rotatable bonds is 7. The second-order valence-corrected chi connectivity index (χ2v) is 6.67. The van der Waals surface area contributed by atoms with Crippen LogP contribution in [-0.2, 0) is 16.0 Å². The van der Waals surface area contributed by atoms with E-state index in [1.54, 1.807) is 25.6 Å². The highest BCUT2D eigenvalue weighted by Gasteiger charge is 2.26. The zero-order chi connectivity index (χ0) is 19.9. The Morgan fingerprint density at radius 1 is 1.25 bits per heavy atom. The van der Waals surface area contributed by atoms with E-state index in [1.165, 1.54) is 0 Å². The molecule has 2 aromatic rings. The van der Waals surface area contributed by atoms with E-state index in [0.29, 0.717) is 24.2 Å². The van der Waals surface area contributed by atoms with Gasteiger partial charge in [-0.25, -0.2) is 0 Å². The summed E-state index contributed by atoms with van der Waals surface area (Å²) in [6, 6.07) is 9.81. The number of likely N-dealkylation sites (N-methyl/N-ethyl adjacent to an activating group) is 1. The van der Waals surface area contributed by atoms with Gasteiger partial charge in [0.05, 0.1) is 12.2 Å². The van der Waals surface area contributed by atoms with Gasteiger partial charge in [-0.1, -0.05) is 42.4 Å². The Kier molecular flexibility index (Phi) is 6.26. The fourth-order valence-electron chi connectivity index (χ4n) is 3.07. The van der Waals surface area contributed by atoms with Gasteiger partial charge in [0.1, 0.15) is 12.0 Å². The number of benzene rings is 1. The summed E-state index contributed by atoms with van der Waals surface area (Å²) in [5.74, 6) is -0.396. The summed E-state index contributed by atoms with van der Waals surface area (Å²) in [4.78, 5) is 24.9. The van der Waals surface area contributed by atoms with Gasteiger partial charge >= 0.3 is 0 Å². The fraction of sp³-hybridized carbons (Fsp3) is 0.286. The molecule has 7 nitrogen and oxygen atoms in total. The van der Waals surface area contributed by atoms with E-state index in [9.17, 15) is 9.59 Å². The molecule has 2 heterocycles. The molecular weight excluding hydrogens is 356 g/mol. The van der Waals surface area contributed by atoms with E-state index in [-0.39, 0.29) is 23.8 Å². The third-order valence-electron chi connectivity index (χ3n) is 4.76. The van der Waals surface area contributed by atoms with Crippen molar-refractivity contribution >= 4 is 11.8 Å². The van der Waals surface area contributed by atoms with Crippen molar-refractivity contribution in [2.75, 3.05) is 13.6 Å². The van der Waals surface area contributed by atoms with Gasteiger partial charge in [0, 0.05) is 30.6 Å². The molecule has 3 N–H and O–H groups in total. The summed E-state index contributed by atoms with van der Waals surface area (Å²) < 4.78 is 4.79. The van der Waals surface area contributed by atoms with Gasteiger partial charge in [-0.15, -0.1) is 0 Å². The number of carbonyl (C=O) groups excluding carboxylic acids is 2. The number of aromatic nitrogens is 1. The lowest BCUT2D eigenvalue weighted by Crippen LogP contribution is -2.41. The van der Waals surface area contributed by atoms with E-state index in [2.05, 4.69) is 28.0 Å². The highest BCUT2D eigenvalue weighted by Crippen LogP contribution is 2.24. The van der Waals surface area contributed by atoms with Gasteiger partial charge in [0.15, 0.2) is 0 Å². The topological polar surface area (TPSA) is 96.3 Å². The van der Waals surface area contributed by atoms with Crippen molar-refractivity contribution in [1.82, 2.24) is 21.1 Å². The smallest absolute Gasteiger partial charge is 0.267 e. The first kappa shape index (κ1) is 19.4. The van der Waals surface area contributed by atoms with Crippen molar-refractivity contribution in [3.63, 3.8) is 0 Å². The van der Waals surface area contributed by atoms with Crippen LogP contribution < -0.4 is 16.0 Å². The number of amides is 2. The van der Waals surface area contributed by atoms with Gasteiger partial charge in [0.25, 0.3) is 11.8 Å². The Morgan fingerprint density at radius 3 is 2.71 bits per heavy atom. The SMILES string of the molecule is CNC(=O)C1=CC(C(=O)NCCc2cnoc2)=CC(C(C)c2ccccc2)N1. The first-order valence-corrected chi connectivity index (χ1v) is 9.22. The summed E-state index contributed by atoms with van der Waals surface area (Å²) in [5.41, 5.74) is 2.88. The number of nitrogens with one attached hydrogen (secondary N) is 3. The molecule has 0 fully saturated rings. The Bertz CT molecular complexity index is 872. The van der Waals surface area contributed by atoms with Crippen LogP contribution in [0.1, 0.15) is 24.0 Å². The van der Waals surface area contributed by atoms with Crippen molar-refractivity contribution in [2.24, 2.45) is 0 Å². The van der Waals surface area contributed by atoms with Crippen LogP contribution >= 0.6 is 0 Å². The summed E-state index contributed by atoms with van der Waals surface area (Å²) in [7, 11) is 1.57. The number of carbonyl (C=O) groups is 2. The van der Waals surface area contributed by atoms with Crippen molar-refractivity contribution in [1.29, 1.82) is 0 Å². The van der Waals surface area contributed by atoms with Crippen LogP contribution in [-0.4, -0.2) is 36.6 Å². The summed E-state index contributed by atoms with van der Waals surface area (Å²) in [5, 5.41) is 12.4. The molecular formula is C21H24N4O3. The quantitative estimate of drug-likeness (QED) is 0.679. The molecule has 3 rings (SSSR count). The first-order chi connectivity index (χ1) is 13.6. The maximum Gasteiger partial charge on any atom is 0.267 e. The number of hydrogen-bond donors (Lipinski definition) is 3. The van der Waals surface area contributed by atoms with Gasteiger partial charge in [-0.2, -0.15) is 0 Å². The van der Waals surface area contributed by atoms with E-state index in [4.69, 9.17) is 4.52 Å². The number of nitrogens with zero attached hydrogens (tertiary/aromatic N) is 1. The van der Waals surface area contributed by atoms with Crippen LogP contribution in [0.25, 0.3) is 0 Å². The Labute approximate surface area is 163 Å². The highest BCUT2D eigenvalue weighted by atomic mass is 16.5. The lowest BCUT2D eigenvalue weighted by Gasteiger charge is -2.28. The Morgan fingerprint density at radius 2 is 2.04 bits per heavy atom. The molecule has 0 aliphatic carbocycles. The molecule has 0 saturated heterocycles. The summed E-state index contributed by atoms with van der Waals surface area (Å²) >= 11 is 0. The molecule has 0 saturated carbocycles. The molecule has 1 aromatic heterocycles. The molecule has 146 valence electrons. The predicted octanol–water partition coefficient (Wildman–Crippen LogP) is 1.67. The lowest BCUT2D eigenvalue weighted by atomic mass is 9.89. The van der Waals surface area contributed by atoms with Crippen LogP contribution in [0.2, 0.25) is 0 Å². The second-order valence-electron chi connectivity index (χ2n) is 6.67. The minimum absolute atomic E-state index is 0.0781. The van der Waals surface area contributed by atoms with Gasteiger partial charge < -0.3 is 20.5 Å². The molecule has 1 aliphatic heterocycles. The van der Waals surface area contributed by atoms with Crippen molar-refractivity contribution < 1.29 is 14.1 Å². The minimum Gasteiger partial charge on any atom is -0.374 e. The van der Waals surface area contributed by atoms with Crippen LogP contribution in [0.15, 0.2) is 70.7 Å². The molecule has 2 unspecified atom stereocenters. The number of hydrogen-bond acceptors (Lipinski definition) is 5. The maximum absolute atomic E-state index is 12.7. The normalized spacial score (nSPS) is 17.0. The average Bonchev–Trinajstić information content (AvgIpc) is 3.26. The number of dihydropyridines is 1. The van der Waals surface area contributed by atoms with Crippen molar-refractivity contribution in [3.05, 3.63) is 77.3 Å². The van der Waals surface area contributed by atoms with Crippen LogP contribution in [0.3, 0.4) is 0 Å². The molecule has 0 spiro atoms. The van der Waals surface area contributed by atoms with Gasteiger partial charge in [0.2, 0.25) is 0 Å². The van der Waals surface area contributed by atoms with Crippen LogP contribution in [0, 0.1) is 0 Å². The summed E-state index contributed by atoms with van der Waals surface area (Å²) in [6.07, 6.45) is 7.26. The molecule has 7 heteroatoms. The minimum atomic E-state index is -0.256.